The first-order valence-corrected chi connectivity index (χ1v) is 9.01. The molecule has 0 amide bonds. The molecule has 2 rings (SSSR count). The summed E-state index contributed by atoms with van der Waals surface area (Å²) in [5.74, 6) is 1.93. The first-order valence-electron chi connectivity index (χ1n) is 8.19. The molecule has 1 aromatic rings. The van der Waals surface area contributed by atoms with E-state index in [4.69, 9.17) is 4.99 Å². The fraction of sp³-hybridized carbons (Fsp3) is 0.750. The molecule has 1 aromatic heterocycles. The maximum Gasteiger partial charge on any atom is 0.193 e. The quantitative estimate of drug-likeness (QED) is 0.671. The number of guanidine groups is 1. The van der Waals surface area contributed by atoms with Crippen LogP contribution in [0.2, 0.25) is 0 Å². The molecule has 0 bridgehead atoms. The van der Waals surface area contributed by atoms with Crippen LogP contribution in [0.25, 0.3) is 0 Å². The maximum atomic E-state index is 4.79. The largest absolute Gasteiger partial charge is 0.357 e. The van der Waals surface area contributed by atoms with E-state index in [1.807, 2.05) is 17.5 Å². The Kier molecular flexibility index (Phi) is 6.49. The van der Waals surface area contributed by atoms with Gasteiger partial charge < -0.3 is 10.2 Å². The first-order chi connectivity index (χ1) is 10.2. The Labute approximate surface area is 132 Å². The summed E-state index contributed by atoms with van der Waals surface area (Å²) in [7, 11) is 0. The summed E-state index contributed by atoms with van der Waals surface area (Å²) in [6, 6.07) is 0. The fourth-order valence-corrected chi connectivity index (χ4v) is 3.38. The molecule has 5 heteroatoms. The van der Waals surface area contributed by atoms with E-state index >= 15 is 0 Å². The average molecular weight is 308 g/mol. The van der Waals surface area contributed by atoms with Gasteiger partial charge in [-0.2, -0.15) is 0 Å². The van der Waals surface area contributed by atoms with Gasteiger partial charge in [0.1, 0.15) is 0 Å². The summed E-state index contributed by atoms with van der Waals surface area (Å²) in [4.78, 5) is 13.0. The molecule has 21 heavy (non-hydrogen) atoms. The number of piperidine rings is 1. The number of nitrogens with one attached hydrogen (secondary N) is 1. The van der Waals surface area contributed by atoms with E-state index in [0.29, 0.717) is 0 Å². The van der Waals surface area contributed by atoms with Crippen LogP contribution in [0.1, 0.15) is 43.5 Å². The number of likely N-dealkylation sites (tertiary alicyclic amines) is 1. The molecule has 1 saturated heterocycles. The van der Waals surface area contributed by atoms with Crippen molar-refractivity contribution in [3.63, 3.8) is 0 Å². The molecule has 1 N–H and O–H groups in total. The number of hydrogen-bond donors (Lipinski definition) is 1. The Hall–Kier alpha value is -1.10. The van der Waals surface area contributed by atoms with E-state index < -0.39 is 0 Å². The standard InChI is InChI=1S/C16H28N4S/c1-4-14-12-19-15(21-14)6-9-18-16(17-5-2)20-10-7-13(3)8-11-20/h12-13H,4-11H2,1-3H3,(H,17,18). The molecule has 0 radical (unpaired) electrons. The zero-order valence-corrected chi connectivity index (χ0v) is 14.4. The molecule has 118 valence electrons. The van der Waals surface area contributed by atoms with Crippen molar-refractivity contribution in [1.29, 1.82) is 0 Å². The van der Waals surface area contributed by atoms with Gasteiger partial charge in [-0.1, -0.05) is 13.8 Å². The van der Waals surface area contributed by atoms with Gasteiger partial charge in [0.15, 0.2) is 5.96 Å². The van der Waals surface area contributed by atoms with Crippen LogP contribution < -0.4 is 5.32 Å². The monoisotopic (exact) mass is 308 g/mol. The number of thiazole rings is 1. The number of aliphatic imine (C=N–C) groups is 1. The van der Waals surface area contributed by atoms with E-state index in [1.165, 1.54) is 22.7 Å². The zero-order chi connectivity index (χ0) is 15.1. The van der Waals surface area contributed by atoms with Gasteiger partial charge in [-0.3, -0.25) is 4.99 Å². The molecule has 1 aliphatic rings. The molecule has 4 nitrogen and oxygen atoms in total. The van der Waals surface area contributed by atoms with E-state index in [9.17, 15) is 0 Å². The third kappa shape index (κ3) is 4.99. The number of aryl methyl sites for hydroxylation is 1. The van der Waals surface area contributed by atoms with Gasteiger partial charge in [-0.25, -0.2) is 4.98 Å². The van der Waals surface area contributed by atoms with Gasteiger partial charge in [0.25, 0.3) is 0 Å². The summed E-state index contributed by atoms with van der Waals surface area (Å²) in [5, 5.41) is 4.64. The van der Waals surface area contributed by atoms with Crippen molar-refractivity contribution in [2.45, 2.75) is 46.5 Å². The van der Waals surface area contributed by atoms with Crippen LogP contribution in [-0.2, 0) is 12.8 Å². The highest BCUT2D eigenvalue weighted by Gasteiger charge is 2.18. The minimum Gasteiger partial charge on any atom is -0.357 e. The molecular formula is C16H28N4S. The Morgan fingerprint density at radius 3 is 2.81 bits per heavy atom. The maximum absolute atomic E-state index is 4.79. The number of aromatic nitrogens is 1. The lowest BCUT2D eigenvalue weighted by Crippen LogP contribution is -2.45. The van der Waals surface area contributed by atoms with Crippen molar-refractivity contribution >= 4 is 17.3 Å². The van der Waals surface area contributed by atoms with Crippen molar-refractivity contribution in [3.05, 3.63) is 16.1 Å². The van der Waals surface area contributed by atoms with Crippen LogP contribution in [0.3, 0.4) is 0 Å². The van der Waals surface area contributed by atoms with Gasteiger partial charge in [-0.05, 0) is 32.1 Å². The summed E-state index contributed by atoms with van der Waals surface area (Å²) < 4.78 is 0. The van der Waals surface area contributed by atoms with Crippen LogP contribution in [0.5, 0.6) is 0 Å². The Morgan fingerprint density at radius 2 is 2.19 bits per heavy atom. The molecular weight excluding hydrogens is 280 g/mol. The molecule has 0 aromatic carbocycles. The third-order valence-corrected chi connectivity index (χ3v) is 5.16. The average Bonchev–Trinajstić information content (AvgIpc) is 2.95. The predicted molar refractivity (Wildman–Crippen MR) is 91.1 cm³/mol. The van der Waals surface area contributed by atoms with Crippen LogP contribution in [0.4, 0.5) is 0 Å². The second-order valence-electron chi connectivity index (χ2n) is 5.73. The number of nitrogens with zero attached hydrogens (tertiary/aromatic N) is 3. The molecule has 0 saturated carbocycles. The highest BCUT2D eigenvalue weighted by Crippen LogP contribution is 2.16. The Balaban J connectivity index is 1.88. The third-order valence-electron chi connectivity index (χ3n) is 3.96. The molecule has 0 unspecified atom stereocenters. The van der Waals surface area contributed by atoms with E-state index in [1.54, 1.807) is 0 Å². The Bertz CT molecular complexity index is 447. The van der Waals surface area contributed by atoms with Crippen molar-refractivity contribution in [3.8, 4) is 0 Å². The number of hydrogen-bond acceptors (Lipinski definition) is 3. The van der Waals surface area contributed by atoms with Gasteiger partial charge >= 0.3 is 0 Å². The predicted octanol–water partition coefficient (Wildman–Crippen LogP) is 2.95. The van der Waals surface area contributed by atoms with Crippen LogP contribution in [0, 0.1) is 5.92 Å². The fourth-order valence-electron chi connectivity index (χ4n) is 2.53. The summed E-state index contributed by atoms with van der Waals surface area (Å²) in [6.07, 6.45) is 6.58. The van der Waals surface area contributed by atoms with Gasteiger partial charge in [0, 0.05) is 43.7 Å². The summed E-state index contributed by atoms with van der Waals surface area (Å²) in [6.45, 7) is 10.7. The Morgan fingerprint density at radius 1 is 1.43 bits per heavy atom. The van der Waals surface area contributed by atoms with Crippen LogP contribution in [-0.4, -0.2) is 42.0 Å². The van der Waals surface area contributed by atoms with Crippen molar-refractivity contribution < 1.29 is 0 Å². The van der Waals surface area contributed by atoms with Crippen LogP contribution in [0.15, 0.2) is 11.2 Å². The van der Waals surface area contributed by atoms with E-state index in [-0.39, 0.29) is 0 Å². The topological polar surface area (TPSA) is 40.5 Å². The van der Waals surface area contributed by atoms with Crippen molar-refractivity contribution in [2.24, 2.45) is 10.9 Å². The molecule has 0 spiro atoms. The second kappa shape index (κ2) is 8.37. The minimum absolute atomic E-state index is 0.824. The van der Waals surface area contributed by atoms with Crippen LogP contribution >= 0.6 is 11.3 Å². The number of rotatable bonds is 5. The molecule has 2 heterocycles. The molecule has 0 aliphatic carbocycles. The van der Waals surface area contributed by atoms with Gasteiger partial charge in [0.2, 0.25) is 0 Å². The lowest BCUT2D eigenvalue weighted by molar-refractivity contribution is 0.273. The van der Waals surface area contributed by atoms with Gasteiger partial charge in [0.05, 0.1) is 5.01 Å². The molecule has 1 aliphatic heterocycles. The van der Waals surface area contributed by atoms with Gasteiger partial charge in [-0.15, -0.1) is 11.3 Å². The lowest BCUT2D eigenvalue weighted by atomic mass is 10.00. The highest BCUT2D eigenvalue weighted by atomic mass is 32.1. The zero-order valence-electron chi connectivity index (χ0n) is 13.6. The summed E-state index contributed by atoms with van der Waals surface area (Å²) >= 11 is 1.82. The molecule has 1 fully saturated rings. The smallest absolute Gasteiger partial charge is 0.193 e. The highest BCUT2D eigenvalue weighted by molar-refractivity contribution is 7.11. The van der Waals surface area contributed by atoms with E-state index in [0.717, 1.165) is 50.9 Å². The van der Waals surface area contributed by atoms with E-state index in [2.05, 4.69) is 36.0 Å². The SMILES string of the molecule is CCNC(=NCCc1ncc(CC)s1)N1CCC(C)CC1. The lowest BCUT2D eigenvalue weighted by Gasteiger charge is -2.33. The second-order valence-corrected chi connectivity index (χ2v) is 6.93. The van der Waals surface area contributed by atoms with Crippen molar-refractivity contribution in [2.75, 3.05) is 26.2 Å². The first kappa shape index (κ1) is 16.3. The van der Waals surface area contributed by atoms with Crippen molar-refractivity contribution in [1.82, 2.24) is 15.2 Å². The minimum atomic E-state index is 0.824. The molecule has 0 atom stereocenters. The normalized spacial score (nSPS) is 17.3. The summed E-state index contributed by atoms with van der Waals surface area (Å²) in [5.41, 5.74) is 0.